The molecule has 6 nitrogen and oxygen atoms in total. The summed E-state index contributed by atoms with van der Waals surface area (Å²) in [7, 11) is 0. The van der Waals surface area contributed by atoms with E-state index in [4.69, 9.17) is 9.47 Å². The smallest absolute Gasteiger partial charge is 0.338 e. The van der Waals surface area contributed by atoms with Gasteiger partial charge in [0.25, 0.3) is 0 Å². The van der Waals surface area contributed by atoms with E-state index in [1.807, 2.05) is 13.8 Å². The number of ether oxygens (including phenoxy) is 2. The highest BCUT2D eigenvalue weighted by Crippen LogP contribution is 2.58. The second kappa shape index (κ2) is 6.95. The van der Waals surface area contributed by atoms with E-state index in [0.29, 0.717) is 5.56 Å². The quantitative estimate of drug-likeness (QED) is 0.586. The van der Waals surface area contributed by atoms with Gasteiger partial charge in [-0.25, -0.2) is 4.79 Å². The molecule has 128 valence electrons. The first kappa shape index (κ1) is 17.8. The van der Waals surface area contributed by atoms with Gasteiger partial charge in [-0.2, -0.15) is 0 Å². The molecule has 1 aromatic rings. The molecule has 1 fully saturated rings. The van der Waals surface area contributed by atoms with Crippen LogP contribution in [0.25, 0.3) is 0 Å². The number of hydrogen-bond acceptors (Lipinski definition) is 6. The molecule has 6 heteroatoms. The van der Waals surface area contributed by atoms with Crippen molar-refractivity contribution in [1.29, 1.82) is 0 Å². The first-order valence-electron chi connectivity index (χ1n) is 7.69. The van der Waals surface area contributed by atoms with Crippen molar-refractivity contribution < 1.29 is 28.7 Å². The Hall–Kier alpha value is -2.50. The molecule has 1 aromatic carbocycles. The van der Waals surface area contributed by atoms with E-state index in [1.165, 1.54) is 6.92 Å². The average Bonchev–Trinajstić information content (AvgIpc) is 3.06. The summed E-state index contributed by atoms with van der Waals surface area (Å²) in [6.07, 6.45) is -0.424. The minimum atomic E-state index is -0.852. The van der Waals surface area contributed by atoms with Crippen LogP contribution in [0.1, 0.15) is 37.6 Å². The van der Waals surface area contributed by atoms with Gasteiger partial charge in [0.1, 0.15) is 12.2 Å². The molecule has 0 heterocycles. The van der Waals surface area contributed by atoms with E-state index in [9.17, 15) is 19.2 Å². The third-order valence-corrected chi connectivity index (χ3v) is 4.32. The van der Waals surface area contributed by atoms with Gasteiger partial charge in [-0.15, -0.1) is 0 Å². The third-order valence-electron chi connectivity index (χ3n) is 4.32. The number of esters is 3. The van der Waals surface area contributed by atoms with Gasteiger partial charge in [-0.1, -0.05) is 32.0 Å². The van der Waals surface area contributed by atoms with E-state index >= 15 is 0 Å². The molecule has 0 spiro atoms. The molecule has 2 unspecified atom stereocenters. The van der Waals surface area contributed by atoms with Gasteiger partial charge in [0.2, 0.25) is 0 Å². The normalized spacial score (nSPS) is 20.8. The van der Waals surface area contributed by atoms with Crippen LogP contribution in [-0.2, 0) is 23.9 Å². The molecule has 0 N–H and O–H groups in total. The second-order valence-corrected chi connectivity index (χ2v) is 6.54. The van der Waals surface area contributed by atoms with E-state index in [1.54, 1.807) is 30.3 Å². The molecule has 1 aliphatic rings. The largest absolute Gasteiger partial charge is 0.462 e. The Kier molecular flexibility index (Phi) is 5.17. The Morgan fingerprint density at radius 2 is 1.71 bits per heavy atom. The van der Waals surface area contributed by atoms with Crippen LogP contribution in [0, 0.1) is 17.3 Å². The van der Waals surface area contributed by atoms with E-state index < -0.39 is 35.7 Å². The molecule has 24 heavy (non-hydrogen) atoms. The first-order valence-corrected chi connectivity index (χ1v) is 7.69. The predicted molar refractivity (Wildman–Crippen MR) is 83.9 cm³/mol. The van der Waals surface area contributed by atoms with Crippen LogP contribution >= 0.6 is 0 Å². The van der Waals surface area contributed by atoms with Crippen molar-refractivity contribution in [3.63, 3.8) is 0 Å². The van der Waals surface area contributed by atoms with Crippen molar-refractivity contribution in [3.8, 4) is 0 Å². The van der Waals surface area contributed by atoms with Gasteiger partial charge in [-0.05, 0) is 24.5 Å². The van der Waals surface area contributed by atoms with Crippen LogP contribution in [0.2, 0.25) is 0 Å². The van der Waals surface area contributed by atoms with Crippen LogP contribution in [0.15, 0.2) is 30.3 Å². The van der Waals surface area contributed by atoms with Gasteiger partial charge in [-0.3, -0.25) is 14.4 Å². The highest BCUT2D eigenvalue weighted by molar-refractivity contribution is 5.99. The lowest BCUT2D eigenvalue weighted by molar-refractivity contribution is -0.161. The third kappa shape index (κ3) is 4.07. The number of ketones is 1. The maximum atomic E-state index is 12.0. The molecule has 0 radical (unpaired) electrons. The molecule has 0 amide bonds. The first-order chi connectivity index (χ1) is 11.2. The van der Waals surface area contributed by atoms with Crippen LogP contribution in [0.4, 0.5) is 0 Å². The van der Waals surface area contributed by atoms with Crippen LogP contribution < -0.4 is 0 Å². The second-order valence-electron chi connectivity index (χ2n) is 6.54. The summed E-state index contributed by atoms with van der Waals surface area (Å²) in [4.78, 5) is 46.2. The molecule has 0 saturated heterocycles. The minimum Gasteiger partial charge on any atom is -0.462 e. The Morgan fingerprint density at radius 3 is 2.29 bits per heavy atom. The Bertz CT molecular complexity index is 661. The fourth-order valence-corrected chi connectivity index (χ4v) is 2.76. The van der Waals surface area contributed by atoms with Gasteiger partial charge < -0.3 is 9.47 Å². The molecule has 0 aliphatic heterocycles. The lowest BCUT2D eigenvalue weighted by Gasteiger charge is -2.05. The summed E-state index contributed by atoms with van der Waals surface area (Å²) in [5, 5.41) is 0. The lowest BCUT2D eigenvalue weighted by atomic mass is 10.1. The molecule has 1 saturated carbocycles. The van der Waals surface area contributed by atoms with Crippen LogP contribution in [0.5, 0.6) is 0 Å². The van der Waals surface area contributed by atoms with Crippen molar-refractivity contribution in [3.05, 3.63) is 35.9 Å². The highest BCUT2D eigenvalue weighted by atomic mass is 16.6. The molecular formula is C18H20O6. The van der Waals surface area contributed by atoms with Crippen molar-refractivity contribution in [1.82, 2.24) is 0 Å². The zero-order chi connectivity index (χ0) is 17.9. The maximum absolute atomic E-state index is 12.0. The lowest BCUT2D eigenvalue weighted by Crippen LogP contribution is -2.18. The van der Waals surface area contributed by atoms with Gasteiger partial charge in [0, 0.05) is 5.92 Å². The number of carbonyl (C=O) groups is 4. The Balaban J connectivity index is 1.88. The monoisotopic (exact) mass is 332 g/mol. The highest BCUT2D eigenvalue weighted by Gasteiger charge is 2.63. The molecule has 1 aliphatic carbocycles. The fraction of sp³-hybridized carbons (Fsp3) is 0.444. The zero-order valence-corrected chi connectivity index (χ0v) is 13.9. The summed E-state index contributed by atoms with van der Waals surface area (Å²) in [6, 6.07) is 8.56. The molecule has 0 aromatic heterocycles. The molecule has 0 bridgehead atoms. The summed E-state index contributed by atoms with van der Waals surface area (Å²) < 4.78 is 9.96. The van der Waals surface area contributed by atoms with Gasteiger partial charge >= 0.3 is 17.9 Å². The number of carbonyl (C=O) groups excluding carboxylic acids is 4. The summed E-state index contributed by atoms with van der Waals surface area (Å²) in [5.41, 5.74) is 0.0107. The standard InChI is InChI=1S/C18H20O6/c1-11(19)9-14(20)24-17(22)15-13(18(15,2)3)10-23-16(21)12-7-5-4-6-8-12/h4-8,13,15H,9-10H2,1-3H3. The van der Waals surface area contributed by atoms with E-state index in [-0.39, 0.29) is 18.3 Å². The average molecular weight is 332 g/mol. The number of Topliss-reactive ketones (excluding diaryl/α,β-unsaturated/α-hetero) is 1. The van der Waals surface area contributed by atoms with Gasteiger partial charge in [0.05, 0.1) is 18.1 Å². The molecule has 2 rings (SSSR count). The Labute approximate surface area is 140 Å². The van der Waals surface area contributed by atoms with Crippen molar-refractivity contribution in [2.75, 3.05) is 6.61 Å². The molecule has 2 atom stereocenters. The number of hydrogen-bond donors (Lipinski definition) is 0. The minimum absolute atomic E-state index is 0.0708. The van der Waals surface area contributed by atoms with Crippen LogP contribution in [-0.4, -0.2) is 30.3 Å². The topological polar surface area (TPSA) is 86.7 Å². The number of benzene rings is 1. The summed E-state index contributed by atoms with van der Waals surface area (Å²) in [5.74, 6) is -3.10. The van der Waals surface area contributed by atoms with E-state index in [2.05, 4.69) is 0 Å². The predicted octanol–water partition coefficient (Wildman–Crippen LogP) is 2.16. The number of rotatable bonds is 6. The Morgan fingerprint density at radius 1 is 1.08 bits per heavy atom. The summed E-state index contributed by atoms with van der Waals surface area (Å²) >= 11 is 0. The van der Waals surface area contributed by atoms with Gasteiger partial charge in [0.15, 0.2) is 0 Å². The molecular weight excluding hydrogens is 312 g/mol. The fourth-order valence-electron chi connectivity index (χ4n) is 2.76. The zero-order valence-electron chi connectivity index (χ0n) is 13.9. The van der Waals surface area contributed by atoms with Crippen molar-refractivity contribution in [2.24, 2.45) is 17.3 Å². The maximum Gasteiger partial charge on any atom is 0.338 e. The SMILES string of the molecule is CC(=O)CC(=O)OC(=O)C1C(COC(=O)c2ccccc2)C1(C)C. The van der Waals surface area contributed by atoms with Crippen molar-refractivity contribution in [2.45, 2.75) is 27.2 Å². The van der Waals surface area contributed by atoms with E-state index in [0.717, 1.165) is 0 Å². The summed E-state index contributed by atoms with van der Waals surface area (Å²) in [6.45, 7) is 5.00. The van der Waals surface area contributed by atoms with Crippen LogP contribution in [0.3, 0.4) is 0 Å². The van der Waals surface area contributed by atoms with Crippen molar-refractivity contribution >= 4 is 23.7 Å².